The van der Waals surface area contributed by atoms with Gasteiger partial charge in [-0.3, -0.25) is 0 Å². The first-order chi connectivity index (χ1) is 7.91. The van der Waals surface area contributed by atoms with Gasteiger partial charge in [-0.05, 0) is 25.7 Å². The van der Waals surface area contributed by atoms with Crippen LogP contribution in [0.2, 0.25) is 0 Å². The second-order valence-corrected chi connectivity index (χ2v) is 4.36. The van der Waals surface area contributed by atoms with Gasteiger partial charge in [-0.1, -0.05) is 69.4 Å². The van der Waals surface area contributed by atoms with Crippen molar-refractivity contribution in [3.8, 4) is 0 Å². The summed E-state index contributed by atoms with van der Waals surface area (Å²) in [4.78, 5) is 0. The van der Waals surface area contributed by atoms with Crippen LogP contribution in [0.5, 0.6) is 0 Å². The Labute approximate surface area is 102 Å². The second kappa shape index (κ2) is 14.2. The molecule has 0 radical (unpaired) electrons. The average Bonchev–Trinajstić information content (AvgIpc) is 2.31. The average molecular weight is 220 g/mol. The van der Waals surface area contributed by atoms with E-state index in [1.54, 1.807) is 0 Å². The lowest BCUT2D eigenvalue weighted by molar-refractivity contribution is 0.571. The van der Waals surface area contributed by atoms with Crippen molar-refractivity contribution in [2.24, 2.45) is 0 Å². The maximum atomic E-state index is 3.74. The molecule has 0 heterocycles. The molecule has 0 fully saturated rings. The number of allylic oxidation sites excluding steroid dienone is 4. The van der Waals surface area contributed by atoms with Crippen molar-refractivity contribution in [1.29, 1.82) is 0 Å². The van der Waals surface area contributed by atoms with Gasteiger partial charge in [0.1, 0.15) is 0 Å². The third-order valence-corrected chi connectivity index (χ3v) is 2.80. The van der Waals surface area contributed by atoms with Gasteiger partial charge in [-0.15, -0.1) is 6.58 Å². The van der Waals surface area contributed by atoms with Gasteiger partial charge in [-0.2, -0.15) is 0 Å². The van der Waals surface area contributed by atoms with Crippen LogP contribution >= 0.6 is 0 Å². The maximum absolute atomic E-state index is 3.74. The Hall–Kier alpha value is -0.780. The molecule has 0 aliphatic heterocycles. The number of hydrogen-bond donors (Lipinski definition) is 0. The van der Waals surface area contributed by atoms with Gasteiger partial charge in [0.25, 0.3) is 0 Å². The fourth-order valence-corrected chi connectivity index (χ4v) is 1.80. The zero-order valence-corrected chi connectivity index (χ0v) is 10.8. The molecule has 92 valence electrons. The highest BCUT2D eigenvalue weighted by Crippen LogP contribution is 2.10. The lowest BCUT2D eigenvalue weighted by Gasteiger charge is -2.00. The zero-order chi connectivity index (χ0) is 11.9. The summed E-state index contributed by atoms with van der Waals surface area (Å²) in [7, 11) is 0. The SMILES string of the molecule is C=C/C=C/CCCCCCCCCCC=C. The Morgan fingerprint density at radius 3 is 1.62 bits per heavy atom. The molecule has 0 saturated carbocycles. The predicted octanol–water partition coefficient (Wildman–Crippen LogP) is 5.82. The van der Waals surface area contributed by atoms with E-state index >= 15 is 0 Å². The fraction of sp³-hybridized carbons (Fsp3) is 0.625. The molecule has 0 spiro atoms. The largest absolute Gasteiger partial charge is 0.103 e. The molecule has 0 aromatic heterocycles. The van der Waals surface area contributed by atoms with Gasteiger partial charge in [0, 0.05) is 0 Å². The second-order valence-electron chi connectivity index (χ2n) is 4.36. The molecule has 0 nitrogen and oxygen atoms in total. The summed E-state index contributed by atoms with van der Waals surface area (Å²) in [5, 5.41) is 0. The van der Waals surface area contributed by atoms with Gasteiger partial charge >= 0.3 is 0 Å². The van der Waals surface area contributed by atoms with Crippen molar-refractivity contribution >= 4 is 0 Å². The first-order valence-corrected chi connectivity index (χ1v) is 6.80. The normalized spacial score (nSPS) is 10.8. The quantitative estimate of drug-likeness (QED) is 0.221. The lowest BCUT2D eigenvalue weighted by atomic mass is 10.1. The third kappa shape index (κ3) is 13.2. The fourth-order valence-electron chi connectivity index (χ4n) is 1.80. The van der Waals surface area contributed by atoms with Crippen LogP contribution in [0.25, 0.3) is 0 Å². The summed E-state index contributed by atoms with van der Waals surface area (Å²) in [6, 6.07) is 0. The minimum absolute atomic E-state index is 1.19. The molecular weight excluding hydrogens is 192 g/mol. The maximum Gasteiger partial charge on any atom is -0.0348 e. The Kier molecular flexibility index (Phi) is 13.5. The molecule has 0 unspecified atom stereocenters. The zero-order valence-electron chi connectivity index (χ0n) is 10.8. The van der Waals surface area contributed by atoms with Gasteiger partial charge in [0.2, 0.25) is 0 Å². The van der Waals surface area contributed by atoms with E-state index in [2.05, 4.69) is 19.2 Å². The summed E-state index contributed by atoms with van der Waals surface area (Å²) in [5.74, 6) is 0. The van der Waals surface area contributed by atoms with E-state index in [4.69, 9.17) is 0 Å². The Morgan fingerprint density at radius 2 is 1.12 bits per heavy atom. The first kappa shape index (κ1) is 15.2. The molecule has 0 bridgehead atoms. The van der Waals surface area contributed by atoms with Gasteiger partial charge in [0.05, 0.1) is 0 Å². The minimum atomic E-state index is 1.19. The molecule has 16 heavy (non-hydrogen) atoms. The smallest absolute Gasteiger partial charge is 0.0348 e. The molecule has 0 rings (SSSR count). The molecular formula is C16H28. The summed E-state index contributed by atoms with van der Waals surface area (Å²) in [6.07, 6.45) is 21.6. The van der Waals surface area contributed by atoms with E-state index in [1.165, 1.54) is 64.2 Å². The van der Waals surface area contributed by atoms with E-state index in [0.717, 1.165) is 0 Å². The highest BCUT2D eigenvalue weighted by Gasteiger charge is 1.91. The number of rotatable bonds is 12. The number of hydrogen-bond acceptors (Lipinski definition) is 0. The van der Waals surface area contributed by atoms with Crippen molar-refractivity contribution in [1.82, 2.24) is 0 Å². The molecule has 0 heteroatoms. The molecule has 0 aliphatic rings. The van der Waals surface area contributed by atoms with E-state index in [0.29, 0.717) is 0 Å². The standard InChI is InChI=1S/C16H28/c1-3-5-7-9-11-13-15-16-14-12-10-8-6-4-2/h3-5,7H,1-2,6,8-16H2/b7-5+. The van der Waals surface area contributed by atoms with E-state index in [-0.39, 0.29) is 0 Å². The van der Waals surface area contributed by atoms with Crippen LogP contribution in [-0.2, 0) is 0 Å². The van der Waals surface area contributed by atoms with E-state index < -0.39 is 0 Å². The van der Waals surface area contributed by atoms with Gasteiger partial charge < -0.3 is 0 Å². The summed E-state index contributed by atoms with van der Waals surface area (Å²) in [5.41, 5.74) is 0. The molecule has 0 aromatic rings. The van der Waals surface area contributed by atoms with Gasteiger partial charge in [0.15, 0.2) is 0 Å². The van der Waals surface area contributed by atoms with Crippen LogP contribution in [0.3, 0.4) is 0 Å². The Bertz CT molecular complexity index is 176. The monoisotopic (exact) mass is 220 g/mol. The third-order valence-electron chi connectivity index (χ3n) is 2.80. The topological polar surface area (TPSA) is 0 Å². The van der Waals surface area contributed by atoms with Crippen LogP contribution in [0.15, 0.2) is 37.5 Å². The summed E-state index contributed by atoms with van der Waals surface area (Å²) in [6.45, 7) is 7.39. The lowest BCUT2D eigenvalue weighted by Crippen LogP contribution is -1.80. The summed E-state index contributed by atoms with van der Waals surface area (Å²) >= 11 is 0. The van der Waals surface area contributed by atoms with E-state index in [1.807, 2.05) is 18.2 Å². The van der Waals surface area contributed by atoms with Crippen LogP contribution in [0.1, 0.15) is 64.2 Å². The van der Waals surface area contributed by atoms with Crippen molar-refractivity contribution < 1.29 is 0 Å². The highest BCUT2D eigenvalue weighted by atomic mass is 14.0. The highest BCUT2D eigenvalue weighted by molar-refractivity contribution is 4.96. The van der Waals surface area contributed by atoms with Crippen molar-refractivity contribution in [2.45, 2.75) is 64.2 Å². The Balaban J connectivity index is 2.95. The van der Waals surface area contributed by atoms with Gasteiger partial charge in [-0.25, -0.2) is 0 Å². The molecule has 0 amide bonds. The molecule has 0 N–H and O–H groups in total. The summed E-state index contributed by atoms with van der Waals surface area (Å²) < 4.78 is 0. The first-order valence-electron chi connectivity index (χ1n) is 6.80. The molecule has 0 saturated heterocycles. The van der Waals surface area contributed by atoms with Crippen LogP contribution in [0, 0.1) is 0 Å². The van der Waals surface area contributed by atoms with Crippen molar-refractivity contribution in [2.75, 3.05) is 0 Å². The minimum Gasteiger partial charge on any atom is -0.103 e. The molecule has 0 atom stereocenters. The number of unbranched alkanes of at least 4 members (excludes halogenated alkanes) is 9. The van der Waals surface area contributed by atoms with Crippen molar-refractivity contribution in [3.05, 3.63) is 37.5 Å². The van der Waals surface area contributed by atoms with Crippen molar-refractivity contribution in [3.63, 3.8) is 0 Å². The molecule has 0 aliphatic carbocycles. The van der Waals surface area contributed by atoms with Crippen LogP contribution < -0.4 is 0 Å². The van der Waals surface area contributed by atoms with E-state index in [9.17, 15) is 0 Å². The predicted molar refractivity (Wildman–Crippen MR) is 75.7 cm³/mol. The molecule has 0 aromatic carbocycles. The van der Waals surface area contributed by atoms with Crippen LogP contribution in [-0.4, -0.2) is 0 Å². The van der Waals surface area contributed by atoms with Crippen LogP contribution in [0.4, 0.5) is 0 Å². The Morgan fingerprint density at radius 1 is 0.625 bits per heavy atom.